The zero-order valence-electron chi connectivity index (χ0n) is 14.7. The van der Waals surface area contributed by atoms with Crippen LogP contribution in [0.25, 0.3) is 5.69 Å². The van der Waals surface area contributed by atoms with Gasteiger partial charge in [0, 0.05) is 50.6 Å². The second-order valence-corrected chi connectivity index (χ2v) is 6.59. The predicted molar refractivity (Wildman–Crippen MR) is 102 cm³/mol. The highest BCUT2D eigenvalue weighted by Crippen LogP contribution is 2.23. The minimum Gasteiger partial charge on any atom is -0.316 e. The van der Waals surface area contributed by atoms with Crippen molar-refractivity contribution in [1.82, 2.24) is 30.9 Å². The molecule has 4 rings (SSSR count). The molecule has 6 heteroatoms. The minimum atomic E-state index is 0.300. The SMILES string of the molecule is c1ccc(-n2ccc(CCNCC3CNNC3c3cccnc3)n2)cc1. The van der Waals surface area contributed by atoms with E-state index < -0.39 is 0 Å². The Kier molecular flexibility index (Phi) is 5.35. The van der Waals surface area contributed by atoms with E-state index in [-0.39, 0.29) is 0 Å². The van der Waals surface area contributed by atoms with Crippen molar-refractivity contribution in [2.75, 3.05) is 19.6 Å². The van der Waals surface area contributed by atoms with Crippen molar-refractivity contribution in [1.29, 1.82) is 0 Å². The van der Waals surface area contributed by atoms with Crippen LogP contribution >= 0.6 is 0 Å². The fourth-order valence-electron chi connectivity index (χ4n) is 3.36. The standard InChI is InChI=1S/C20H24N6/c1-2-6-19(7-3-1)26-12-9-18(25-26)8-11-22-14-17-15-23-24-20(17)16-5-4-10-21-13-16/h1-7,9-10,12-13,17,20,22-24H,8,11,14-15H2. The quantitative estimate of drug-likeness (QED) is 0.569. The summed E-state index contributed by atoms with van der Waals surface area (Å²) in [5.74, 6) is 0.501. The van der Waals surface area contributed by atoms with Gasteiger partial charge in [0.1, 0.15) is 0 Å². The van der Waals surface area contributed by atoms with Gasteiger partial charge in [-0.05, 0) is 29.8 Å². The first-order chi connectivity index (χ1) is 12.9. The zero-order chi connectivity index (χ0) is 17.6. The maximum atomic E-state index is 4.66. The summed E-state index contributed by atoms with van der Waals surface area (Å²) in [7, 11) is 0. The molecule has 0 amide bonds. The van der Waals surface area contributed by atoms with Gasteiger partial charge in [-0.25, -0.2) is 10.1 Å². The summed E-state index contributed by atoms with van der Waals surface area (Å²) in [4.78, 5) is 4.23. The van der Waals surface area contributed by atoms with Crippen LogP contribution < -0.4 is 16.2 Å². The van der Waals surface area contributed by atoms with Crippen molar-refractivity contribution in [3.05, 3.63) is 78.4 Å². The molecule has 1 saturated heterocycles. The largest absolute Gasteiger partial charge is 0.316 e. The van der Waals surface area contributed by atoms with Crippen LogP contribution in [0.3, 0.4) is 0 Å². The van der Waals surface area contributed by atoms with Crippen LogP contribution in [0.1, 0.15) is 17.3 Å². The molecule has 0 radical (unpaired) electrons. The number of hydrogen-bond acceptors (Lipinski definition) is 5. The fourth-order valence-corrected chi connectivity index (χ4v) is 3.36. The van der Waals surface area contributed by atoms with Crippen molar-refractivity contribution in [2.45, 2.75) is 12.5 Å². The number of para-hydroxylation sites is 1. The molecule has 1 aliphatic heterocycles. The van der Waals surface area contributed by atoms with E-state index in [0.29, 0.717) is 12.0 Å². The van der Waals surface area contributed by atoms with E-state index in [2.05, 4.69) is 50.5 Å². The molecule has 26 heavy (non-hydrogen) atoms. The van der Waals surface area contributed by atoms with Crippen LogP contribution in [0, 0.1) is 5.92 Å². The minimum absolute atomic E-state index is 0.300. The summed E-state index contributed by atoms with van der Waals surface area (Å²) in [5.41, 5.74) is 10.0. The molecule has 1 aromatic carbocycles. The van der Waals surface area contributed by atoms with E-state index in [1.54, 1.807) is 0 Å². The first-order valence-corrected chi connectivity index (χ1v) is 9.09. The lowest BCUT2D eigenvalue weighted by Crippen LogP contribution is -2.30. The Balaban J connectivity index is 1.26. The maximum absolute atomic E-state index is 4.66. The summed E-state index contributed by atoms with van der Waals surface area (Å²) in [6, 6.07) is 16.7. The number of nitrogens with one attached hydrogen (secondary N) is 3. The predicted octanol–water partition coefficient (Wildman–Crippen LogP) is 1.86. The Morgan fingerprint density at radius 1 is 1.12 bits per heavy atom. The lowest BCUT2D eigenvalue weighted by atomic mass is 9.96. The van der Waals surface area contributed by atoms with Crippen molar-refractivity contribution in [3.63, 3.8) is 0 Å². The third-order valence-corrected chi connectivity index (χ3v) is 4.77. The highest BCUT2D eigenvalue weighted by molar-refractivity contribution is 5.30. The van der Waals surface area contributed by atoms with Crippen LogP contribution in [0.2, 0.25) is 0 Å². The molecule has 1 fully saturated rings. The normalized spacial score (nSPS) is 19.7. The first kappa shape index (κ1) is 16.9. The Morgan fingerprint density at radius 3 is 2.88 bits per heavy atom. The van der Waals surface area contributed by atoms with E-state index in [0.717, 1.165) is 37.4 Å². The summed E-state index contributed by atoms with van der Waals surface area (Å²) < 4.78 is 1.93. The van der Waals surface area contributed by atoms with Gasteiger partial charge in [-0.1, -0.05) is 24.3 Å². The van der Waals surface area contributed by atoms with Crippen LogP contribution in [0.4, 0.5) is 0 Å². The zero-order valence-corrected chi connectivity index (χ0v) is 14.7. The number of rotatable bonds is 7. The smallest absolute Gasteiger partial charge is 0.0645 e. The third-order valence-electron chi connectivity index (χ3n) is 4.77. The molecule has 0 bridgehead atoms. The highest BCUT2D eigenvalue weighted by Gasteiger charge is 2.27. The molecule has 2 atom stereocenters. The molecule has 3 aromatic rings. The number of benzene rings is 1. The van der Waals surface area contributed by atoms with Crippen molar-refractivity contribution < 1.29 is 0 Å². The fraction of sp³-hybridized carbons (Fsp3) is 0.300. The molecule has 3 N–H and O–H groups in total. The molecule has 6 nitrogen and oxygen atoms in total. The van der Waals surface area contributed by atoms with Gasteiger partial charge >= 0.3 is 0 Å². The van der Waals surface area contributed by atoms with Crippen LogP contribution in [0.5, 0.6) is 0 Å². The Morgan fingerprint density at radius 2 is 2.04 bits per heavy atom. The van der Waals surface area contributed by atoms with Gasteiger partial charge in [-0.15, -0.1) is 0 Å². The van der Waals surface area contributed by atoms with Crippen molar-refractivity contribution in [3.8, 4) is 5.69 Å². The van der Waals surface area contributed by atoms with Crippen molar-refractivity contribution in [2.24, 2.45) is 5.92 Å². The van der Waals surface area contributed by atoms with Crippen LogP contribution in [0.15, 0.2) is 67.1 Å². The van der Waals surface area contributed by atoms with E-state index in [1.807, 2.05) is 47.5 Å². The van der Waals surface area contributed by atoms with Crippen molar-refractivity contribution >= 4 is 0 Å². The second-order valence-electron chi connectivity index (χ2n) is 6.59. The molecule has 2 aromatic heterocycles. The average molecular weight is 348 g/mol. The maximum Gasteiger partial charge on any atom is 0.0645 e. The molecule has 0 aliphatic carbocycles. The first-order valence-electron chi connectivity index (χ1n) is 9.09. The van der Waals surface area contributed by atoms with E-state index >= 15 is 0 Å². The number of nitrogens with zero attached hydrogens (tertiary/aromatic N) is 3. The molecule has 0 spiro atoms. The molecule has 134 valence electrons. The Labute approximate surface area is 153 Å². The summed E-state index contributed by atoms with van der Waals surface area (Å²) in [5, 5.41) is 8.23. The van der Waals surface area contributed by atoms with Gasteiger partial charge in [0.05, 0.1) is 17.4 Å². The summed E-state index contributed by atoms with van der Waals surface area (Å²) in [6.45, 7) is 2.83. The Hall–Kier alpha value is -2.54. The van der Waals surface area contributed by atoms with Gasteiger partial charge in [-0.2, -0.15) is 5.10 Å². The summed E-state index contributed by atoms with van der Waals surface area (Å²) >= 11 is 0. The topological polar surface area (TPSA) is 66.8 Å². The van der Waals surface area contributed by atoms with E-state index in [4.69, 9.17) is 0 Å². The number of hydrazine groups is 1. The van der Waals surface area contributed by atoms with E-state index in [1.165, 1.54) is 5.56 Å². The van der Waals surface area contributed by atoms with Gasteiger partial charge in [0.25, 0.3) is 0 Å². The molecule has 2 unspecified atom stereocenters. The Bertz CT molecular complexity index is 801. The highest BCUT2D eigenvalue weighted by atomic mass is 15.4. The third kappa shape index (κ3) is 3.99. The van der Waals surface area contributed by atoms with E-state index in [9.17, 15) is 0 Å². The van der Waals surface area contributed by atoms with Gasteiger partial charge in [-0.3, -0.25) is 10.4 Å². The summed E-state index contributed by atoms with van der Waals surface area (Å²) in [6.07, 6.45) is 6.69. The molecular weight excluding hydrogens is 324 g/mol. The molecule has 3 heterocycles. The van der Waals surface area contributed by atoms with Gasteiger partial charge < -0.3 is 5.32 Å². The average Bonchev–Trinajstić information content (AvgIpc) is 3.36. The number of aromatic nitrogens is 3. The van der Waals surface area contributed by atoms with Gasteiger partial charge in [0.2, 0.25) is 0 Å². The molecule has 1 aliphatic rings. The van der Waals surface area contributed by atoms with Gasteiger partial charge in [0.15, 0.2) is 0 Å². The molecular formula is C20H24N6. The van der Waals surface area contributed by atoms with Crippen LogP contribution in [-0.2, 0) is 6.42 Å². The monoisotopic (exact) mass is 348 g/mol. The lowest BCUT2D eigenvalue weighted by Gasteiger charge is -2.18. The lowest BCUT2D eigenvalue weighted by molar-refractivity contribution is 0.442. The van der Waals surface area contributed by atoms with Crippen LogP contribution in [-0.4, -0.2) is 34.4 Å². The second kappa shape index (κ2) is 8.23. The number of hydrogen-bond donors (Lipinski definition) is 3. The number of pyridine rings is 1. The molecule has 0 saturated carbocycles.